The first-order valence-electron chi connectivity index (χ1n) is 13.0. The topological polar surface area (TPSA) is 18.5 Å². The summed E-state index contributed by atoms with van der Waals surface area (Å²) >= 11 is 6.05. The monoisotopic (exact) mass is 463 g/mol. The summed E-state index contributed by atoms with van der Waals surface area (Å²) in [5, 5.41) is 4.45. The third-order valence-corrected chi connectivity index (χ3v) is 8.03. The number of nitrogens with one attached hydrogen (secondary N) is 1. The average Bonchev–Trinajstić information content (AvgIpc) is 2.81. The zero-order valence-corrected chi connectivity index (χ0v) is 21.8. The van der Waals surface area contributed by atoms with E-state index in [0.29, 0.717) is 12.0 Å². The van der Waals surface area contributed by atoms with Crippen LogP contribution in [0.5, 0.6) is 0 Å². The lowest BCUT2D eigenvalue weighted by Gasteiger charge is -2.40. The number of benzene rings is 2. The molecule has 1 aliphatic heterocycles. The molecule has 0 unspecified atom stereocenters. The standard InChI is InChI=1S/C29H41N3S/c1-5-16-31-17-8-10-25-19-24(13-15-28(25)31)20-32(27-11-7-6-9-22(27)3)29(33)30-26-14-12-21(2)23(4)18-26/h12-15,18-19,22,27H,5-11,16-17,20H2,1-4H3,(H,30,33)/t22-,27+/m1/s1. The van der Waals surface area contributed by atoms with Crippen molar-refractivity contribution in [1.82, 2.24) is 4.90 Å². The average molecular weight is 464 g/mol. The zero-order valence-electron chi connectivity index (χ0n) is 21.0. The van der Waals surface area contributed by atoms with Crippen LogP contribution in [0.1, 0.15) is 74.6 Å². The second-order valence-electron chi connectivity index (χ2n) is 10.2. The summed E-state index contributed by atoms with van der Waals surface area (Å²) in [6.45, 7) is 12.2. The minimum absolute atomic E-state index is 0.498. The van der Waals surface area contributed by atoms with E-state index in [1.54, 1.807) is 0 Å². The molecule has 1 saturated carbocycles. The largest absolute Gasteiger partial charge is 0.371 e. The van der Waals surface area contributed by atoms with Crippen LogP contribution in [0.3, 0.4) is 0 Å². The van der Waals surface area contributed by atoms with Crippen molar-refractivity contribution in [2.24, 2.45) is 5.92 Å². The highest BCUT2D eigenvalue weighted by Gasteiger charge is 2.29. The van der Waals surface area contributed by atoms with Gasteiger partial charge in [0.1, 0.15) is 0 Å². The van der Waals surface area contributed by atoms with E-state index in [9.17, 15) is 0 Å². The van der Waals surface area contributed by atoms with Gasteiger partial charge in [-0.15, -0.1) is 0 Å². The van der Waals surface area contributed by atoms with E-state index in [4.69, 9.17) is 12.2 Å². The SMILES string of the molecule is CCCN1CCCc2cc(CN(C(=S)Nc3ccc(C)c(C)c3)[C@H]3CCCC[C@H]3C)ccc21. The lowest BCUT2D eigenvalue weighted by Crippen LogP contribution is -2.46. The smallest absolute Gasteiger partial charge is 0.173 e. The molecule has 1 N–H and O–H groups in total. The van der Waals surface area contributed by atoms with Crippen LogP contribution < -0.4 is 10.2 Å². The Labute approximate surface area is 206 Å². The van der Waals surface area contributed by atoms with E-state index >= 15 is 0 Å². The fourth-order valence-electron chi connectivity index (χ4n) is 5.64. The van der Waals surface area contributed by atoms with Crippen molar-refractivity contribution in [1.29, 1.82) is 0 Å². The predicted molar refractivity (Wildman–Crippen MR) is 146 cm³/mol. The maximum absolute atomic E-state index is 6.05. The highest BCUT2D eigenvalue weighted by Crippen LogP contribution is 2.32. The Morgan fingerprint density at radius 2 is 1.88 bits per heavy atom. The van der Waals surface area contributed by atoms with E-state index in [1.165, 1.54) is 79.4 Å². The lowest BCUT2D eigenvalue weighted by molar-refractivity contribution is 0.177. The number of fused-ring (bicyclic) bond motifs is 1. The van der Waals surface area contributed by atoms with Crippen molar-refractivity contribution < 1.29 is 0 Å². The maximum Gasteiger partial charge on any atom is 0.173 e. The third kappa shape index (κ3) is 5.71. The number of anilines is 2. The van der Waals surface area contributed by atoms with Crippen molar-refractivity contribution in [3.63, 3.8) is 0 Å². The van der Waals surface area contributed by atoms with Gasteiger partial charge in [-0.05, 0) is 105 Å². The molecule has 1 aliphatic carbocycles. The Bertz CT molecular complexity index is 969. The van der Waals surface area contributed by atoms with Crippen molar-refractivity contribution in [2.75, 3.05) is 23.3 Å². The molecule has 33 heavy (non-hydrogen) atoms. The Balaban J connectivity index is 1.57. The molecule has 2 atom stereocenters. The van der Waals surface area contributed by atoms with Gasteiger partial charge in [0.2, 0.25) is 0 Å². The van der Waals surface area contributed by atoms with E-state index in [-0.39, 0.29) is 0 Å². The normalized spacial score (nSPS) is 20.3. The van der Waals surface area contributed by atoms with Gasteiger partial charge < -0.3 is 15.1 Å². The molecule has 2 aromatic rings. The van der Waals surface area contributed by atoms with Crippen LogP contribution in [-0.4, -0.2) is 29.1 Å². The highest BCUT2D eigenvalue weighted by atomic mass is 32.1. The van der Waals surface area contributed by atoms with Gasteiger partial charge in [0, 0.05) is 37.1 Å². The molecular weight excluding hydrogens is 422 g/mol. The lowest BCUT2D eigenvalue weighted by atomic mass is 9.84. The maximum atomic E-state index is 6.05. The van der Waals surface area contributed by atoms with Crippen LogP contribution in [0.25, 0.3) is 0 Å². The summed E-state index contributed by atoms with van der Waals surface area (Å²) in [5.74, 6) is 0.663. The predicted octanol–water partition coefficient (Wildman–Crippen LogP) is 7.24. The van der Waals surface area contributed by atoms with Gasteiger partial charge in [0.25, 0.3) is 0 Å². The van der Waals surface area contributed by atoms with Gasteiger partial charge in [-0.1, -0.05) is 44.9 Å². The first kappa shape index (κ1) is 24.1. The van der Waals surface area contributed by atoms with Gasteiger partial charge in [-0.25, -0.2) is 0 Å². The van der Waals surface area contributed by atoms with Gasteiger partial charge in [-0.2, -0.15) is 0 Å². The molecule has 1 fully saturated rings. The summed E-state index contributed by atoms with van der Waals surface area (Å²) in [7, 11) is 0. The van der Waals surface area contributed by atoms with Crippen LogP contribution in [0.15, 0.2) is 36.4 Å². The molecule has 0 radical (unpaired) electrons. The minimum atomic E-state index is 0.498. The first-order chi connectivity index (χ1) is 16.0. The van der Waals surface area contributed by atoms with Crippen molar-refractivity contribution in [2.45, 2.75) is 85.2 Å². The Morgan fingerprint density at radius 1 is 1.06 bits per heavy atom. The molecule has 0 amide bonds. The molecule has 1 heterocycles. The van der Waals surface area contributed by atoms with Gasteiger partial charge in [-0.3, -0.25) is 0 Å². The highest BCUT2D eigenvalue weighted by molar-refractivity contribution is 7.80. The van der Waals surface area contributed by atoms with Gasteiger partial charge in [0.15, 0.2) is 5.11 Å². The van der Waals surface area contributed by atoms with E-state index in [0.717, 1.165) is 23.9 Å². The van der Waals surface area contributed by atoms with Gasteiger partial charge >= 0.3 is 0 Å². The summed E-state index contributed by atoms with van der Waals surface area (Å²) in [4.78, 5) is 5.05. The van der Waals surface area contributed by atoms with Crippen LogP contribution in [0.4, 0.5) is 11.4 Å². The van der Waals surface area contributed by atoms with E-state index < -0.39 is 0 Å². The molecule has 4 heteroatoms. The van der Waals surface area contributed by atoms with Crippen molar-refractivity contribution >= 4 is 28.7 Å². The summed E-state index contributed by atoms with van der Waals surface area (Å²) in [5.41, 5.74) is 8.05. The third-order valence-electron chi connectivity index (χ3n) is 7.69. The van der Waals surface area contributed by atoms with Gasteiger partial charge in [0.05, 0.1) is 0 Å². The molecule has 3 nitrogen and oxygen atoms in total. The molecule has 2 aromatic carbocycles. The molecule has 0 saturated heterocycles. The molecule has 178 valence electrons. The quantitative estimate of drug-likeness (QED) is 0.455. The number of aryl methyl sites for hydroxylation is 3. The van der Waals surface area contributed by atoms with E-state index in [2.05, 4.69) is 79.2 Å². The molecule has 4 rings (SSSR count). The summed E-state index contributed by atoms with van der Waals surface area (Å²) < 4.78 is 0. The minimum Gasteiger partial charge on any atom is -0.371 e. The number of thiocarbonyl (C=S) groups is 1. The second kappa shape index (κ2) is 10.9. The first-order valence-corrected chi connectivity index (χ1v) is 13.4. The number of hydrogen-bond acceptors (Lipinski definition) is 2. The summed E-state index contributed by atoms with van der Waals surface area (Å²) in [6, 6.07) is 14.2. The van der Waals surface area contributed by atoms with Crippen molar-refractivity contribution in [3.05, 3.63) is 58.7 Å². The zero-order chi connectivity index (χ0) is 23.4. The second-order valence-corrected chi connectivity index (χ2v) is 10.6. The molecular formula is C29H41N3S. The molecule has 2 aliphatic rings. The van der Waals surface area contributed by atoms with Crippen LogP contribution in [0.2, 0.25) is 0 Å². The molecule has 0 bridgehead atoms. The fraction of sp³-hybridized carbons (Fsp3) is 0.552. The number of nitrogens with zero attached hydrogens (tertiary/aromatic N) is 2. The molecule has 0 aromatic heterocycles. The Kier molecular flexibility index (Phi) is 7.95. The van der Waals surface area contributed by atoms with E-state index in [1.807, 2.05) is 0 Å². The van der Waals surface area contributed by atoms with Crippen LogP contribution in [0, 0.1) is 19.8 Å². The summed E-state index contributed by atoms with van der Waals surface area (Å²) in [6.07, 6.45) is 8.81. The Hall–Kier alpha value is -2.07. The fourth-order valence-corrected chi connectivity index (χ4v) is 5.96. The van der Waals surface area contributed by atoms with Crippen LogP contribution >= 0.6 is 12.2 Å². The molecule has 0 spiro atoms. The van der Waals surface area contributed by atoms with Crippen molar-refractivity contribution in [3.8, 4) is 0 Å². The number of hydrogen-bond donors (Lipinski definition) is 1. The number of rotatable bonds is 6. The Morgan fingerprint density at radius 3 is 2.64 bits per heavy atom. The van der Waals surface area contributed by atoms with Crippen LogP contribution in [-0.2, 0) is 13.0 Å².